The first-order valence-electron chi connectivity index (χ1n) is 5.89. The van der Waals surface area contributed by atoms with E-state index in [0.717, 1.165) is 26.1 Å². The molecule has 1 heterocycles. The van der Waals surface area contributed by atoms with Crippen LogP contribution in [-0.4, -0.2) is 27.8 Å². The Labute approximate surface area is 97.7 Å². The number of nitrogens with one attached hydrogen (secondary N) is 1. The molecule has 0 saturated carbocycles. The van der Waals surface area contributed by atoms with E-state index in [-0.39, 0.29) is 12.0 Å². The van der Waals surface area contributed by atoms with Gasteiger partial charge in [0.1, 0.15) is 0 Å². The van der Waals surface area contributed by atoms with Crippen LogP contribution in [-0.2, 0) is 13.1 Å². The molecule has 2 N–H and O–H groups in total. The van der Waals surface area contributed by atoms with Crippen LogP contribution in [0.15, 0.2) is 12.5 Å². The Bertz CT molecular complexity index is 307. The van der Waals surface area contributed by atoms with Crippen molar-refractivity contribution in [2.75, 3.05) is 13.2 Å². The van der Waals surface area contributed by atoms with Gasteiger partial charge in [-0.1, -0.05) is 13.8 Å². The zero-order valence-electron chi connectivity index (χ0n) is 10.5. The summed E-state index contributed by atoms with van der Waals surface area (Å²) in [4.78, 5) is 4.13. The standard InChI is InChI=1S/C12H23N3O/c1-4-15-10-14-8-11(15)7-13-9-12(2,3)5-6-16/h8,10,13,16H,4-7,9H2,1-3H3. The maximum absolute atomic E-state index is 8.93. The maximum atomic E-state index is 8.93. The van der Waals surface area contributed by atoms with E-state index in [4.69, 9.17) is 5.11 Å². The lowest BCUT2D eigenvalue weighted by molar-refractivity contribution is 0.206. The second kappa shape index (κ2) is 6.01. The van der Waals surface area contributed by atoms with Gasteiger partial charge in [-0.2, -0.15) is 0 Å². The summed E-state index contributed by atoms with van der Waals surface area (Å²) < 4.78 is 2.13. The molecule has 92 valence electrons. The lowest BCUT2D eigenvalue weighted by Gasteiger charge is -2.24. The van der Waals surface area contributed by atoms with Crippen molar-refractivity contribution in [1.82, 2.24) is 14.9 Å². The van der Waals surface area contributed by atoms with E-state index in [1.54, 1.807) is 0 Å². The molecule has 0 aromatic carbocycles. The summed E-state index contributed by atoms with van der Waals surface area (Å²) in [5.41, 5.74) is 1.36. The van der Waals surface area contributed by atoms with E-state index in [2.05, 4.69) is 35.6 Å². The first kappa shape index (κ1) is 13.2. The number of nitrogens with zero attached hydrogens (tertiary/aromatic N) is 2. The molecular weight excluding hydrogens is 202 g/mol. The average molecular weight is 225 g/mol. The lowest BCUT2D eigenvalue weighted by atomic mass is 9.90. The second-order valence-electron chi connectivity index (χ2n) is 4.91. The number of aliphatic hydroxyl groups is 1. The van der Waals surface area contributed by atoms with Crippen LogP contribution in [0.2, 0.25) is 0 Å². The number of imidazole rings is 1. The van der Waals surface area contributed by atoms with Crippen molar-refractivity contribution in [3.05, 3.63) is 18.2 Å². The third kappa shape index (κ3) is 3.94. The minimum absolute atomic E-state index is 0.145. The van der Waals surface area contributed by atoms with Crippen molar-refractivity contribution in [3.8, 4) is 0 Å². The number of aromatic nitrogens is 2. The monoisotopic (exact) mass is 225 g/mol. The molecule has 0 unspecified atom stereocenters. The number of aryl methyl sites for hydroxylation is 1. The van der Waals surface area contributed by atoms with Crippen molar-refractivity contribution in [2.24, 2.45) is 5.41 Å². The van der Waals surface area contributed by atoms with Crippen molar-refractivity contribution < 1.29 is 5.11 Å². The van der Waals surface area contributed by atoms with E-state index in [0.29, 0.717) is 0 Å². The predicted molar refractivity (Wildman–Crippen MR) is 65.1 cm³/mol. The van der Waals surface area contributed by atoms with Crippen LogP contribution in [0.3, 0.4) is 0 Å². The van der Waals surface area contributed by atoms with Gasteiger partial charge in [0.15, 0.2) is 0 Å². The van der Waals surface area contributed by atoms with Crippen LogP contribution in [0.4, 0.5) is 0 Å². The van der Waals surface area contributed by atoms with E-state index < -0.39 is 0 Å². The largest absolute Gasteiger partial charge is 0.396 e. The van der Waals surface area contributed by atoms with Gasteiger partial charge in [-0.05, 0) is 18.8 Å². The summed E-state index contributed by atoms with van der Waals surface area (Å²) in [5.74, 6) is 0. The second-order valence-corrected chi connectivity index (χ2v) is 4.91. The molecule has 16 heavy (non-hydrogen) atoms. The van der Waals surface area contributed by atoms with Crippen LogP contribution in [0.5, 0.6) is 0 Å². The fourth-order valence-corrected chi connectivity index (χ4v) is 1.70. The van der Waals surface area contributed by atoms with Gasteiger partial charge in [-0.25, -0.2) is 4.98 Å². The Morgan fingerprint density at radius 2 is 2.25 bits per heavy atom. The van der Waals surface area contributed by atoms with Gasteiger partial charge in [-0.15, -0.1) is 0 Å². The van der Waals surface area contributed by atoms with Crippen LogP contribution >= 0.6 is 0 Å². The van der Waals surface area contributed by atoms with Crippen molar-refractivity contribution >= 4 is 0 Å². The van der Waals surface area contributed by atoms with Gasteiger partial charge in [0.05, 0.1) is 12.0 Å². The van der Waals surface area contributed by atoms with Gasteiger partial charge in [0.25, 0.3) is 0 Å². The van der Waals surface area contributed by atoms with Gasteiger partial charge >= 0.3 is 0 Å². The number of hydrogen-bond donors (Lipinski definition) is 2. The normalized spacial score (nSPS) is 12.0. The molecule has 1 aromatic heterocycles. The van der Waals surface area contributed by atoms with E-state index in [9.17, 15) is 0 Å². The van der Waals surface area contributed by atoms with E-state index >= 15 is 0 Å². The first-order valence-corrected chi connectivity index (χ1v) is 5.89. The zero-order valence-corrected chi connectivity index (χ0v) is 10.5. The van der Waals surface area contributed by atoms with Gasteiger partial charge in [0, 0.05) is 32.4 Å². The quantitative estimate of drug-likeness (QED) is 0.737. The smallest absolute Gasteiger partial charge is 0.0948 e. The molecule has 0 bridgehead atoms. The molecule has 0 fully saturated rings. The highest BCUT2D eigenvalue weighted by Gasteiger charge is 2.16. The molecule has 4 nitrogen and oxygen atoms in total. The zero-order chi connectivity index (χ0) is 12.0. The third-order valence-electron chi connectivity index (χ3n) is 2.84. The fourth-order valence-electron chi connectivity index (χ4n) is 1.70. The van der Waals surface area contributed by atoms with Crippen molar-refractivity contribution in [1.29, 1.82) is 0 Å². The van der Waals surface area contributed by atoms with E-state index in [1.165, 1.54) is 5.69 Å². The maximum Gasteiger partial charge on any atom is 0.0948 e. The van der Waals surface area contributed by atoms with Crippen LogP contribution in [0, 0.1) is 5.41 Å². The molecule has 0 radical (unpaired) electrons. The predicted octanol–water partition coefficient (Wildman–Crippen LogP) is 1.40. The van der Waals surface area contributed by atoms with Gasteiger partial charge < -0.3 is 15.0 Å². The number of rotatable bonds is 7. The Hall–Kier alpha value is -0.870. The summed E-state index contributed by atoms with van der Waals surface area (Å²) in [6.45, 7) is 9.38. The fraction of sp³-hybridized carbons (Fsp3) is 0.750. The van der Waals surface area contributed by atoms with Crippen LogP contribution in [0.25, 0.3) is 0 Å². The van der Waals surface area contributed by atoms with Crippen LogP contribution < -0.4 is 5.32 Å². The van der Waals surface area contributed by atoms with Gasteiger partial charge in [-0.3, -0.25) is 0 Å². The molecule has 1 aromatic rings. The molecule has 0 aliphatic heterocycles. The Morgan fingerprint density at radius 3 is 2.88 bits per heavy atom. The summed E-state index contributed by atoms with van der Waals surface area (Å²) in [5, 5.41) is 12.3. The molecule has 0 aliphatic rings. The Balaban J connectivity index is 2.35. The molecule has 0 atom stereocenters. The summed E-state index contributed by atoms with van der Waals surface area (Å²) in [7, 11) is 0. The van der Waals surface area contributed by atoms with Crippen molar-refractivity contribution in [3.63, 3.8) is 0 Å². The minimum Gasteiger partial charge on any atom is -0.396 e. The average Bonchev–Trinajstić information content (AvgIpc) is 2.64. The van der Waals surface area contributed by atoms with Gasteiger partial charge in [0.2, 0.25) is 0 Å². The molecule has 0 amide bonds. The Morgan fingerprint density at radius 1 is 1.50 bits per heavy atom. The highest BCUT2D eigenvalue weighted by Crippen LogP contribution is 2.18. The molecule has 1 rings (SSSR count). The summed E-state index contributed by atoms with van der Waals surface area (Å²) in [6, 6.07) is 0. The topological polar surface area (TPSA) is 50.1 Å². The third-order valence-corrected chi connectivity index (χ3v) is 2.84. The molecule has 0 saturated heterocycles. The molecule has 0 aliphatic carbocycles. The first-order chi connectivity index (χ1) is 7.59. The Kier molecular flexibility index (Phi) is 4.96. The highest BCUT2D eigenvalue weighted by atomic mass is 16.3. The molecule has 4 heteroatoms. The highest BCUT2D eigenvalue weighted by molar-refractivity contribution is 4.97. The van der Waals surface area contributed by atoms with E-state index in [1.807, 2.05) is 12.5 Å². The summed E-state index contributed by atoms with van der Waals surface area (Å²) >= 11 is 0. The van der Waals surface area contributed by atoms with Crippen molar-refractivity contribution in [2.45, 2.75) is 40.3 Å². The number of hydrogen-bond acceptors (Lipinski definition) is 3. The SMILES string of the molecule is CCn1cncc1CNCC(C)(C)CCO. The number of aliphatic hydroxyl groups excluding tert-OH is 1. The lowest BCUT2D eigenvalue weighted by Crippen LogP contribution is -2.30. The molecule has 0 spiro atoms. The van der Waals surface area contributed by atoms with Crippen LogP contribution in [0.1, 0.15) is 32.9 Å². The minimum atomic E-state index is 0.145. The molecular formula is C12H23N3O. The summed E-state index contributed by atoms with van der Waals surface area (Å²) in [6.07, 6.45) is 4.58.